The number of fused-ring (bicyclic) bond motifs is 5. The lowest BCUT2D eigenvalue weighted by atomic mass is 9.54. The summed E-state index contributed by atoms with van der Waals surface area (Å²) in [6.07, 6.45) is 7.06. The highest BCUT2D eigenvalue weighted by molar-refractivity contribution is 7.84. The summed E-state index contributed by atoms with van der Waals surface area (Å²) in [5.74, 6) is 1.78. The van der Waals surface area contributed by atoms with Crippen molar-refractivity contribution in [2.24, 2.45) is 22.4 Å². The predicted molar refractivity (Wildman–Crippen MR) is 116 cm³/mol. The zero-order valence-corrected chi connectivity index (χ0v) is 19.0. The van der Waals surface area contributed by atoms with E-state index in [0.29, 0.717) is 17.8 Å². The predicted octanol–water partition coefficient (Wildman–Crippen LogP) is 3.58. The fourth-order valence-corrected chi connectivity index (χ4v) is 6.44. The topological polar surface area (TPSA) is 98.5 Å². The minimum atomic E-state index is -4.02. The van der Waals surface area contributed by atoms with Crippen LogP contribution in [0.15, 0.2) is 29.8 Å². The van der Waals surface area contributed by atoms with Gasteiger partial charge < -0.3 is 9.50 Å². The molecule has 4 atom stereocenters. The van der Waals surface area contributed by atoms with Crippen molar-refractivity contribution < 1.29 is 17.4 Å². The van der Waals surface area contributed by atoms with Gasteiger partial charge in [0, 0.05) is 16.5 Å². The molecular weight excluding hydrogens is 400 g/mol. The Morgan fingerprint density at radius 3 is 2.67 bits per heavy atom. The molecule has 0 spiro atoms. The van der Waals surface area contributed by atoms with E-state index >= 15 is 0 Å². The van der Waals surface area contributed by atoms with Gasteiger partial charge in [0.2, 0.25) is 5.91 Å². The molecule has 1 fully saturated rings. The lowest BCUT2D eigenvalue weighted by Crippen LogP contribution is -2.47. The molecular formula is C23H32N2O4S. The SMILES string of the molecule is CC(C)(C)NC(=O)C1=CC[C@H]2[C@@H]3CCc4cc(OS(N)(=O)=O)ccc4[C@H]3CC[C@]12C. The first-order valence-electron chi connectivity index (χ1n) is 10.8. The third-order valence-corrected chi connectivity index (χ3v) is 7.65. The number of nitrogens with one attached hydrogen (secondary N) is 1. The van der Waals surface area contributed by atoms with Gasteiger partial charge in [-0.25, -0.2) is 0 Å². The summed E-state index contributed by atoms with van der Waals surface area (Å²) in [4.78, 5) is 13.0. The second-order valence-electron chi connectivity index (χ2n) is 10.4. The number of aryl methyl sites for hydroxylation is 1. The molecule has 4 rings (SSSR count). The normalized spacial score (nSPS) is 30.6. The first-order chi connectivity index (χ1) is 13.9. The molecule has 0 aliphatic heterocycles. The summed E-state index contributed by atoms with van der Waals surface area (Å²) in [6.45, 7) is 8.32. The van der Waals surface area contributed by atoms with Crippen LogP contribution in [0.5, 0.6) is 5.75 Å². The van der Waals surface area contributed by atoms with Gasteiger partial charge in [-0.15, -0.1) is 0 Å². The van der Waals surface area contributed by atoms with Crippen LogP contribution in [0.3, 0.4) is 0 Å². The van der Waals surface area contributed by atoms with Gasteiger partial charge in [0.15, 0.2) is 0 Å². The van der Waals surface area contributed by atoms with Gasteiger partial charge >= 0.3 is 10.3 Å². The average molecular weight is 433 g/mol. The van der Waals surface area contributed by atoms with Gasteiger partial charge in [0.1, 0.15) is 5.75 Å². The van der Waals surface area contributed by atoms with Crippen molar-refractivity contribution in [1.82, 2.24) is 5.32 Å². The molecule has 30 heavy (non-hydrogen) atoms. The van der Waals surface area contributed by atoms with E-state index in [0.717, 1.165) is 43.2 Å². The second-order valence-corrected chi connectivity index (χ2v) is 11.5. The third kappa shape index (κ3) is 3.89. The monoisotopic (exact) mass is 432 g/mol. The molecule has 1 aromatic carbocycles. The minimum Gasteiger partial charge on any atom is -0.371 e. The van der Waals surface area contributed by atoms with Gasteiger partial charge in [-0.05, 0) is 93.9 Å². The van der Waals surface area contributed by atoms with Crippen LogP contribution in [0, 0.1) is 17.3 Å². The molecule has 0 radical (unpaired) electrons. The molecule has 1 aromatic rings. The van der Waals surface area contributed by atoms with E-state index in [-0.39, 0.29) is 22.6 Å². The van der Waals surface area contributed by atoms with Crippen LogP contribution in [0.1, 0.15) is 70.4 Å². The van der Waals surface area contributed by atoms with Crippen LogP contribution in [-0.2, 0) is 21.5 Å². The van der Waals surface area contributed by atoms with Gasteiger partial charge in [-0.3, -0.25) is 4.79 Å². The smallest absolute Gasteiger partial charge is 0.371 e. The van der Waals surface area contributed by atoms with Crippen molar-refractivity contribution in [2.75, 3.05) is 0 Å². The number of hydrogen-bond acceptors (Lipinski definition) is 4. The van der Waals surface area contributed by atoms with Crippen LogP contribution in [-0.4, -0.2) is 19.9 Å². The summed E-state index contributed by atoms with van der Waals surface area (Å²) in [7, 11) is -4.02. The van der Waals surface area contributed by atoms with Crippen molar-refractivity contribution in [3.8, 4) is 5.75 Å². The Morgan fingerprint density at radius 2 is 2.00 bits per heavy atom. The summed E-state index contributed by atoms with van der Waals surface area (Å²) in [5, 5.41) is 8.16. The molecule has 3 aliphatic rings. The molecule has 6 nitrogen and oxygen atoms in total. The van der Waals surface area contributed by atoms with Crippen molar-refractivity contribution in [2.45, 2.75) is 71.3 Å². The zero-order chi connectivity index (χ0) is 21.9. The number of benzene rings is 1. The lowest BCUT2D eigenvalue weighted by Gasteiger charge is -2.50. The average Bonchev–Trinajstić information content (AvgIpc) is 2.96. The molecule has 0 aromatic heterocycles. The molecule has 0 heterocycles. The van der Waals surface area contributed by atoms with Gasteiger partial charge in [0.05, 0.1) is 0 Å². The molecule has 0 unspecified atom stereocenters. The van der Waals surface area contributed by atoms with Crippen molar-refractivity contribution in [3.05, 3.63) is 41.0 Å². The Bertz CT molecular complexity index is 1010. The number of hydrogen-bond donors (Lipinski definition) is 2. The van der Waals surface area contributed by atoms with E-state index in [1.54, 1.807) is 6.07 Å². The molecule has 3 N–H and O–H groups in total. The highest BCUT2D eigenvalue weighted by Gasteiger charge is 2.53. The number of rotatable bonds is 3. The fourth-order valence-electron chi connectivity index (χ4n) is 6.07. The molecule has 164 valence electrons. The van der Waals surface area contributed by atoms with Crippen LogP contribution >= 0.6 is 0 Å². The number of nitrogens with two attached hydrogens (primary N) is 1. The first-order valence-corrected chi connectivity index (χ1v) is 12.2. The van der Waals surface area contributed by atoms with E-state index in [4.69, 9.17) is 9.32 Å². The Labute approximate surface area is 179 Å². The van der Waals surface area contributed by atoms with E-state index in [1.807, 2.05) is 32.9 Å². The molecule has 1 saturated carbocycles. The van der Waals surface area contributed by atoms with E-state index < -0.39 is 10.3 Å². The summed E-state index contributed by atoms with van der Waals surface area (Å²) in [5.41, 5.74) is 3.08. The maximum atomic E-state index is 13.0. The van der Waals surface area contributed by atoms with E-state index in [2.05, 4.69) is 18.3 Å². The molecule has 7 heteroatoms. The number of amides is 1. The van der Waals surface area contributed by atoms with E-state index in [9.17, 15) is 13.2 Å². The highest BCUT2D eigenvalue weighted by atomic mass is 32.2. The maximum absolute atomic E-state index is 13.0. The van der Waals surface area contributed by atoms with Crippen molar-refractivity contribution in [3.63, 3.8) is 0 Å². The molecule has 0 bridgehead atoms. The summed E-state index contributed by atoms with van der Waals surface area (Å²) in [6, 6.07) is 5.53. The first kappa shape index (κ1) is 21.4. The molecule has 3 aliphatic carbocycles. The Hall–Kier alpha value is -1.86. The molecule has 1 amide bonds. The fraction of sp³-hybridized carbons (Fsp3) is 0.609. The van der Waals surface area contributed by atoms with Crippen molar-refractivity contribution in [1.29, 1.82) is 0 Å². The number of carbonyl (C=O) groups is 1. The van der Waals surface area contributed by atoms with Crippen molar-refractivity contribution >= 4 is 16.2 Å². The maximum Gasteiger partial charge on any atom is 0.380 e. The van der Waals surface area contributed by atoms with Crippen LogP contribution in [0.2, 0.25) is 0 Å². The number of carbonyl (C=O) groups excluding carboxylic acids is 1. The van der Waals surface area contributed by atoms with E-state index in [1.165, 1.54) is 5.56 Å². The lowest BCUT2D eigenvalue weighted by molar-refractivity contribution is -0.120. The van der Waals surface area contributed by atoms with Crippen LogP contribution < -0.4 is 14.6 Å². The largest absolute Gasteiger partial charge is 0.380 e. The second kappa shape index (κ2) is 7.09. The zero-order valence-electron chi connectivity index (χ0n) is 18.2. The quantitative estimate of drug-likeness (QED) is 0.763. The van der Waals surface area contributed by atoms with Crippen LogP contribution in [0.4, 0.5) is 0 Å². The van der Waals surface area contributed by atoms with Gasteiger partial charge in [-0.1, -0.05) is 19.1 Å². The van der Waals surface area contributed by atoms with Gasteiger partial charge in [-0.2, -0.15) is 13.6 Å². The van der Waals surface area contributed by atoms with Crippen LogP contribution in [0.25, 0.3) is 0 Å². The summed E-state index contributed by atoms with van der Waals surface area (Å²) >= 11 is 0. The Morgan fingerprint density at radius 1 is 1.27 bits per heavy atom. The highest BCUT2D eigenvalue weighted by Crippen LogP contribution is 2.61. The van der Waals surface area contributed by atoms with Gasteiger partial charge in [0.25, 0.3) is 0 Å². The third-order valence-electron chi connectivity index (χ3n) is 7.22. The Kier molecular flexibility index (Phi) is 5.05. The Balaban J connectivity index is 1.56. The standard InChI is InChI=1S/C23H32N2O4S/c1-22(2,3)25-21(26)20-10-9-19-18-7-5-14-13-15(29-30(24,27)28)6-8-16(14)17(18)11-12-23(19,20)4/h6,8,10,13,17-19H,5,7,9,11-12H2,1-4H3,(H,25,26)(H2,24,27,28)/t17-,18-,19+,23+/m1/s1. The number of allylic oxidation sites excluding steroid dienone is 1. The molecule has 0 saturated heterocycles. The summed E-state index contributed by atoms with van der Waals surface area (Å²) < 4.78 is 27.4. The minimum absolute atomic E-state index is 0.0759.